The quantitative estimate of drug-likeness (QED) is 0.879. The van der Waals surface area contributed by atoms with Crippen LogP contribution in [0, 0.1) is 13.8 Å². The fourth-order valence-electron chi connectivity index (χ4n) is 1.86. The molecule has 1 N–H and O–H groups in total. The van der Waals surface area contributed by atoms with Crippen LogP contribution in [0.1, 0.15) is 30.3 Å². The van der Waals surface area contributed by atoms with E-state index in [1.165, 1.54) is 11.1 Å². The number of benzene rings is 1. The summed E-state index contributed by atoms with van der Waals surface area (Å²) in [7, 11) is 0. The number of aromatic nitrogens is 3. The van der Waals surface area contributed by atoms with E-state index in [0.717, 1.165) is 24.5 Å². The van der Waals surface area contributed by atoms with Crippen LogP contribution in [0.4, 0.5) is 5.69 Å². The Morgan fingerprint density at radius 1 is 1.22 bits per heavy atom. The first-order valence-electron chi connectivity index (χ1n) is 6.38. The molecule has 4 nitrogen and oxygen atoms in total. The number of aryl methyl sites for hydroxylation is 3. The molecule has 0 bridgehead atoms. The van der Waals surface area contributed by atoms with Crippen molar-refractivity contribution in [3.8, 4) is 0 Å². The SMILES string of the molecule is CCCn1ncnc1CNc1ccc(C)c(C)c1. The summed E-state index contributed by atoms with van der Waals surface area (Å²) in [5, 5.41) is 7.61. The zero-order chi connectivity index (χ0) is 13.0. The molecule has 0 atom stereocenters. The first-order chi connectivity index (χ1) is 8.70. The average molecular weight is 244 g/mol. The summed E-state index contributed by atoms with van der Waals surface area (Å²) in [4.78, 5) is 4.28. The maximum Gasteiger partial charge on any atom is 0.146 e. The Labute approximate surface area is 108 Å². The van der Waals surface area contributed by atoms with Crippen molar-refractivity contribution in [3.05, 3.63) is 41.5 Å². The van der Waals surface area contributed by atoms with Gasteiger partial charge in [0.2, 0.25) is 0 Å². The van der Waals surface area contributed by atoms with Gasteiger partial charge in [0.1, 0.15) is 12.2 Å². The second-order valence-corrected chi connectivity index (χ2v) is 4.55. The van der Waals surface area contributed by atoms with Crippen molar-refractivity contribution in [2.24, 2.45) is 0 Å². The van der Waals surface area contributed by atoms with E-state index in [0.29, 0.717) is 6.54 Å². The Morgan fingerprint density at radius 3 is 2.78 bits per heavy atom. The number of nitrogens with zero attached hydrogens (tertiary/aromatic N) is 3. The van der Waals surface area contributed by atoms with E-state index in [9.17, 15) is 0 Å². The second-order valence-electron chi connectivity index (χ2n) is 4.55. The van der Waals surface area contributed by atoms with Crippen LogP contribution in [0.5, 0.6) is 0 Å². The molecule has 0 aliphatic carbocycles. The summed E-state index contributed by atoms with van der Waals surface area (Å²) in [5.41, 5.74) is 3.74. The third-order valence-electron chi connectivity index (χ3n) is 3.09. The average Bonchev–Trinajstić information content (AvgIpc) is 2.79. The van der Waals surface area contributed by atoms with Crippen LogP contribution in [-0.4, -0.2) is 14.8 Å². The molecule has 0 saturated heterocycles. The van der Waals surface area contributed by atoms with Crippen LogP contribution in [0.3, 0.4) is 0 Å². The molecular formula is C14H20N4. The number of hydrogen-bond acceptors (Lipinski definition) is 3. The molecule has 0 saturated carbocycles. The summed E-state index contributed by atoms with van der Waals surface area (Å²) in [6, 6.07) is 6.40. The minimum Gasteiger partial charge on any atom is -0.378 e. The van der Waals surface area contributed by atoms with Crippen molar-refractivity contribution in [1.29, 1.82) is 0 Å². The van der Waals surface area contributed by atoms with Gasteiger partial charge >= 0.3 is 0 Å². The van der Waals surface area contributed by atoms with E-state index in [-0.39, 0.29) is 0 Å². The van der Waals surface area contributed by atoms with Crippen LogP contribution in [0.25, 0.3) is 0 Å². The van der Waals surface area contributed by atoms with Crippen molar-refractivity contribution < 1.29 is 0 Å². The Morgan fingerprint density at radius 2 is 2.06 bits per heavy atom. The van der Waals surface area contributed by atoms with E-state index < -0.39 is 0 Å². The largest absolute Gasteiger partial charge is 0.378 e. The van der Waals surface area contributed by atoms with Gasteiger partial charge < -0.3 is 5.32 Å². The lowest BCUT2D eigenvalue weighted by molar-refractivity contribution is 0.574. The predicted octanol–water partition coefficient (Wildman–Crippen LogP) is 2.92. The minimum atomic E-state index is 0.711. The van der Waals surface area contributed by atoms with Crippen molar-refractivity contribution in [3.63, 3.8) is 0 Å². The molecule has 0 unspecified atom stereocenters. The third-order valence-corrected chi connectivity index (χ3v) is 3.09. The molecule has 0 aliphatic heterocycles. The van der Waals surface area contributed by atoms with E-state index in [2.05, 4.69) is 54.4 Å². The van der Waals surface area contributed by atoms with Crippen LogP contribution in [0.2, 0.25) is 0 Å². The molecule has 0 spiro atoms. The predicted molar refractivity (Wildman–Crippen MR) is 73.6 cm³/mol. The first kappa shape index (κ1) is 12.6. The van der Waals surface area contributed by atoms with E-state index >= 15 is 0 Å². The number of nitrogens with one attached hydrogen (secondary N) is 1. The van der Waals surface area contributed by atoms with Gasteiger partial charge in [0, 0.05) is 12.2 Å². The zero-order valence-electron chi connectivity index (χ0n) is 11.3. The smallest absolute Gasteiger partial charge is 0.146 e. The van der Waals surface area contributed by atoms with Gasteiger partial charge in [-0.2, -0.15) is 5.10 Å². The molecular weight excluding hydrogens is 224 g/mol. The van der Waals surface area contributed by atoms with Crippen LogP contribution in [-0.2, 0) is 13.1 Å². The Balaban J connectivity index is 2.02. The van der Waals surface area contributed by atoms with Crippen LogP contribution >= 0.6 is 0 Å². The molecule has 0 fully saturated rings. The highest BCUT2D eigenvalue weighted by Gasteiger charge is 2.03. The van der Waals surface area contributed by atoms with Gasteiger partial charge in [-0.25, -0.2) is 9.67 Å². The Bertz CT molecular complexity index is 516. The fourth-order valence-corrected chi connectivity index (χ4v) is 1.86. The monoisotopic (exact) mass is 244 g/mol. The maximum atomic E-state index is 4.28. The van der Waals surface area contributed by atoms with Gasteiger partial charge in [-0.1, -0.05) is 13.0 Å². The maximum absolute atomic E-state index is 4.28. The van der Waals surface area contributed by atoms with E-state index in [1.807, 2.05) is 4.68 Å². The zero-order valence-corrected chi connectivity index (χ0v) is 11.3. The van der Waals surface area contributed by atoms with Crippen molar-refractivity contribution in [2.75, 3.05) is 5.32 Å². The lowest BCUT2D eigenvalue weighted by Crippen LogP contribution is -2.10. The summed E-state index contributed by atoms with van der Waals surface area (Å²) >= 11 is 0. The molecule has 0 radical (unpaired) electrons. The lowest BCUT2D eigenvalue weighted by Gasteiger charge is -2.09. The van der Waals surface area contributed by atoms with Gasteiger partial charge in [0.15, 0.2) is 0 Å². The molecule has 1 heterocycles. The van der Waals surface area contributed by atoms with Crippen molar-refractivity contribution in [1.82, 2.24) is 14.8 Å². The highest BCUT2D eigenvalue weighted by atomic mass is 15.3. The van der Waals surface area contributed by atoms with Gasteiger partial charge in [0.25, 0.3) is 0 Å². The second kappa shape index (κ2) is 5.67. The fraction of sp³-hybridized carbons (Fsp3) is 0.429. The molecule has 2 rings (SSSR count). The van der Waals surface area contributed by atoms with Crippen LogP contribution < -0.4 is 5.32 Å². The van der Waals surface area contributed by atoms with Crippen molar-refractivity contribution >= 4 is 5.69 Å². The Kier molecular flexibility index (Phi) is 3.97. The van der Waals surface area contributed by atoms with Gasteiger partial charge in [-0.15, -0.1) is 0 Å². The molecule has 0 amide bonds. The van der Waals surface area contributed by atoms with E-state index in [1.54, 1.807) is 6.33 Å². The highest BCUT2D eigenvalue weighted by Crippen LogP contribution is 2.14. The molecule has 18 heavy (non-hydrogen) atoms. The van der Waals surface area contributed by atoms with Gasteiger partial charge in [0.05, 0.1) is 6.54 Å². The van der Waals surface area contributed by atoms with E-state index in [4.69, 9.17) is 0 Å². The van der Waals surface area contributed by atoms with Crippen molar-refractivity contribution in [2.45, 2.75) is 40.3 Å². The summed E-state index contributed by atoms with van der Waals surface area (Å²) in [6.07, 6.45) is 2.69. The molecule has 1 aromatic heterocycles. The van der Waals surface area contributed by atoms with Gasteiger partial charge in [-0.3, -0.25) is 0 Å². The molecule has 4 heteroatoms. The number of anilines is 1. The minimum absolute atomic E-state index is 0.711. The number of rotatable bonds is 5. The normalized spacial score (nSPS) is 10.6. The highest BCUT2D eigenvalue weighted by molar-refractivity contribution is 5.48. The lowest BCUT2D eigenvalue weighted by atomic mass is 10.1. The summed E-state index contributed by atoms with van der Waals surface area (Å²) in [5.74, 6) is 0.982. The number of hydrogen-bond donors (Lipinski definition) is 1. The molecule has 96 valence electrons. The molecule has 1 aromatic carbocycles. The molecule has 2 aromatic rings. The van der Waals surface area contributed by atoms with Gasteiger partial charge in [-0.05, 0) is 43.5 Å². The topological polar surface area (TPSA) is 42.7 Å². The first-order valence-corrected chi connectivity index (χ1v) is 6.38. The molecule has 0 aliphatic rings. The summed E-state index contributed by atoms with van der Waals surface area (Å²) < 4.78 is 1.95. The standard InChI is InChI=1S/C14H20N4/c1-4-7-18-14(16-10-17-18)9-15-13-6-5-11(2)12(3)8-13/h5-6,8,10,15H,4,7,9H2,1-3H3. The third kappa shape index (κ3) is 2.88. The van der Waals surface area contributed by atoms with Crippen LogP contribution in [0.15, 0.2) is 24.5 Å². The Hall–Kier alpha value is -1.84. The summed E-state index contributed by atoms with van der Waals surface area (Å²) in [6.45, 7) is 8.02.